The smallest absolute Gasteiger partial charge is 0.481 e. The van der Waals surface area contributed by atoms with Crippen LogP contribution in [-0.4, -0.2) is 46.7 Å². The number of aliphatic carboxylic acids is 1. The van der Waals surface area contributed by atoms with Crippen molar-refractivity contribution in [1.82, 2.24) is 4.90 Å². The third kappa shape index (κ3) is 3.31. The van der Waals surface area contributed by atoms with E-state index in [0.717, 1.165) is 11.0 Å². The zero-order valence-corrected chi connectivity index (χ0v) is 15.2. The number of benzene rings is 1. The highest BCUT2D eigenvalue weighted by Gasteiger charge is 2.51. The molecular weight excluding hydrogens is 321 g/mol. The molecule has 7 heteroatoms. The van der Waals surface area contributed by atoms with E-state index in [4.69, 9.17) is 14.4 Å². The third-order valence-corrected chi connectivity index (χ3v) is 5.36. The normalized spacial score (nSPS) is 20.9. The van der Waals surface area contributed by atoms with Gasteiger partial charge in [-0.15, -0.1) is 0 Å². The van der Waals surface area contributed by atoms with E-state index in [1.807, 2.05) is 45.9 Å². The highest BCUT2D eigenvalue weighted by atomic mass is 16.7. The Morgan fingerprint density at radius 2 is 1.88 bits per heavy atom. The van der Waals surface area contributed by atoms with Crippen LogP contribution in [-0.2, 0) is 20.6 Å². The molecule has 0 aliphatic carbocycles. The fourth-order valence-electron chi connectivity index (χ4n) is 3.11. The second-order valence-corrected chi connectivity index (χ2v) is 7.73. The monoisotopic (exact) mass is 345 g/mol. The van der Waals surface area contributed by atoms with Gasteiger partial charge in [-0.2, -0.15) is 0 Å². The molecule has 0 unspecified atom stereocenters. The summed E-state index contributed by atoms with van der Waals surface area (Å²) in [6.45, 7) is 8.96. The van der Waals surface area contributed by atoms with Gasteiger partial charge in [0.1, 0.15) is 0 Å². The largest absolute Gasteiger partial charge is 0.494 e. The van der Waals surface area contributed by atoms with Crippen molar-refractivity contribution in [1.29, 1.82) is 0 Å². The van der Waals surface area contributed by atoms with Crippen LogP contribution in [0.4, 0.5) is 0 Å². The fourth-order valence-corrected chi connectivity index (χ4v) is 3.11. The van der Waals surface area contributed by atoms with Crippen LogP contribution in [0.3, 0.4) is 0 Å². The lowest BCUT2D eigenvalue weighted by Crippen LogP contribution is -2.41. The number of carboxylic acid groups (broad SMARTS) is 1. The highest BCUT2D eigenvalue weighted by Crippen LogP contribution is 2.36. The molecule has 0 saturated carbocycles. The summed E-state index contributed by atoms with van der Waals surface area (Å²) in [5.41, 5.74) is 1.59. The first-order valence-electron chi connectivity index (χ1n) is 8.60. The second kappa shape index (κ2) is 6.14. The number of hydrogen-bond acceptors (Lipinski definition) is 4. The van der Waals surface area contributed by atoms with Gasteiger partial charge in [0.05, 0.1) is 11.2 Å². The van der Waals surface area contributed by atoms with E-state index < -0.39 is 24.3 Å². The van der Waals surface area contributed by atoms with E-state index in [9.17, 15) is 9.59 Å². The van der Waals surface area contributed by atoms with Crippen molar-refractivity contribution in [3.05, 3.63) is 29.3 Å². The second-order valence-electron chi connectivity index (χ2n) is 7.73. The average molecular weight is 345 g/mol. The average Bonchev–Trinajstić information content (AvgIpc) is 2.92. The molecule has 2 aliphatic heterocycles. The van der Waals surface area contributed by atoms with E-state index >= 15 is 0 Å². The van der Waals surface area contributed by atoms with Crippen molar-refractivity contribution in [2.45, 2.75) is 58.3 Å². The van der Waals surface area contributed by atoms with Gasteiger partial charge in [0.15, 0.2) is 0 Å². The van der Waals surface area contributed by atoms with Crippen LogP contribution in [0, 0.1) is 0 Å². The lowest BCUT2D eigenvalue weighted by Gasteiger charge is -2.32. The summed E-state index contributed by atoms with van der Waals surface area (Å²) in [6, 6.07) is 5.72. The molecule has 134 valence electrons. The topological polar surface area (TPSA) is 76.1 Å². The zero-order valence-electron chi connectivity index (χ0n) is 15.2. The van der Waals surface area contributed by atoms with Crippen molar-refractivity contribution in [3.8, 4) is 0 Å². The molecule has 1 saturated heterocycles. The standard InChI is InChI=1S/C18H24BNO5/c1-17(2)18(3,4)25-19(24-17)13-8-7-12-11-20(9-5-6-15(21)22)16(23)14(12)10-13/h7-8,10H,5-6,9,11H2,1-4H3,(H,21,22). The summed E-state index contributed by atoms with van der Waals surface area (Å²) in [4.78, 5) is 24.9. The van der Waals surface area contributed by atoms with Crippen molar-refractivity contribution in [2.75, 3.05) is 6.54 Å². The Bertz CT molecular complexity index is 699. The maximum Gasteiger partial charge on any atom is 0.494 e. The van der Waals surface area contributed by atoms with Crippen LogP contribution in [0.15, 0.2) is 18.2 Å². The first kappa shape index (κ1) is 18.0. The van der Waals surface area contributed by atoms with Gasteiger partial charge in [0.2, 0.25) is 0 Å². The van der Waals surface area contributed by atoms with Gasteiger partial charge in [0.25, 0.3) is 5.91 Å². The molecule has 0 radical (unpaired) electrons. The number of nitrogens with zero attached hydrogens (tertiary/aromatic N) is 1. The third-order valence-electron chi connectivity index (χ3n) is 5.36. The molecule has 1 aromatic rings. The molecule has 25 heavy (non-hydrogen) atoms. The van der Waals surface area contributed by atoms with Crippen molar-refractivity contribution < 1.29 is 24.0 Å². The van der Waals surface area contributed by atoms with Crippen LogP contribution in [0.25, 0.3) is 0 Å². The summed E-state index contributed by atoms with van der Waals surface area (Å²) in [7, 11) is -0.496. The summed E-state index contributed by atoms with van der Waals surface area (Å²) in [6.07, 6.45) is 0.526. The van der Waals surface area contributed by atoms with Crippen molar-refractivity contribution in [2.24, 2.45) is 0 Å². The maximum atomic E-state index is 12.6. The number of carbonyl (C=O) groups is 2. The lowest BCUT2D eigenvalue weighted by atomic mass is 9.78. The van der Waals surface area contributed by atoms with Crippen LogP contribution >= 0.6 is 0 Å². The Balaban J connectivity index is 1.74. The predicted molar refractivity (Wildman–Crippen MR) is 93.8 cm³/mol. The van der Waals surface area contributed by atoms with E-state index in [2.05, 4.69) is 0 Å². The first-order chi connectivity index (χ1) is 11.6. The predicted octanol–water partition coefficient (Wildman–Crippen LogP) is 1.81. The SMILES string of the molecule is CC1(C)OB(c2ccc3c(c2)C(=O)N(CCCC(=O)O)C3)OC1(C)C. The Hall–Kier alpha value is -1.86. The molecule has 0 spiro atoms. The molecule has 2 heterocycles. The molecule has 0 aromatic heterocycles. The van der Waals surface area contributed by atoms with Crippen LogP contribution < -0.4 is 5.46 Å². The lowest BCUT2D eigenvalue weighted by molar-refractivity contribution is -0.137. The summed E-state index contributed by atoms with van der Waals surface area (Å²) >= 11 is 0. The Labute approximate surface area is 148 Å². The zero-order chi connectivity index (χ0) is 18.4. The van der Waals surface area contributed by atoms with Crippen LogP contribution in [0.1, 0.15) is 56.5 Å². The minimum Gasteiger partial charge on any atom is -0.481 e. The van der Waals surface area contributed by atoms with Crippen LogP contribution in [0.5, 0.6) is 0 Å². The van der Waals surface area contributed by atoms with Gasteiger partial charge in [-0.25, -0.2) is 0 Å². The Morgan fingerprint density at radius 1 is 1.24 bits per heavy atom. The van der Waals surface area contributed by atoms with E-state index in [1.54, 1.807) is 4.90 Å². The fraction of sp³-hybridized carbons (Fsp3) is 0.556. The molecule has 0 atom stereocenters. The molecule has 2 aliphatic rings. The number of carbonyl (C=O) groups excluding carboxylic acids is 1. The Morgan fingerprint density at radius 3 is 2.48 bits per heavy atom. The number of rotatable bonds is 5. The molecule has 3 rings (SSSR count). The van der Waals surface area contributed by atoms with Gasteiger partial charge in [-0.1, -0.05) is 12.1 Å². The molecular formula is C18H24BNO5. The van der Waals surface area contributed by atoms with Gasteiger partial charge in [0, 0.05) is 25.1 Å². The summed E-state index contributed by atoms with van der Waals surface area (Å²) in [5, 5.41) is 8.74. The molecule has 6 nitrogen and oxygen atoms in total. The quantitative estimate of drug-likeness (QED) is 0.824. The number of carboxylic acids is 1. The molecule has 1 amide bonds. The Kier molecular flexibility index (Phi) is 4.41. The number of hydrogen-bond donors (Lipinski definition) is 1. The molecule has 1 aromatic carbocycles. The number of fused-ring (bicyclic) bond motifs is 1. The van der Waals surface area contributed by atoms with Gasteiger partial charge in [-0.05, 0) is 51.2 Å². The van der Waals surface area contributed by atoms with Gasteiger partial charge >= 0.3 is 13.1 Å². The number of amides is 1. The molecule has 1 fully saturated rings. The molecule has 1 N–H and O–H groups in total. The summed E-state index contributed by atoms with van der Waals surface area (Å²) in [5.74, 6) is -0.897. The van der Waals surface area contributed by atoms with Crippen molar-refractivity contribution >= 4 is 24.5 Å². The minimum atomic E-state index is -0.841. The minimum absolute atomic E-state index is 0.0567. The highest BCUT2D eigenvalue weighted by molar-refractivity contribution is 6.62. The first-order valence-corrected chi connectivity index (χ1v) is 8.60. The molecule has 0 bridgehead atoms. The summed E-state index contributed by atoms with van der Waals surface area (Å²) < 4.78 is 12.1. The van der Waals surface area contributed by atoms with E-state index in [0.29, 0.717) is 25.1 Å². The van der Waals surface area contributed by atoms with E-state index in [-0.39, 0.29) is 12.3 Å². The van der Waals surface area contributed by atoms with Crippen LogP contribution in [0.2, 0.25) is 0 Å². The maximum absolute atomic E-state index is 12.6. The van der Waals surface area contributed by atoms with Gasteiger partial charge < -0.3 is 19.3 Å². The van der Waals surface area contributed by atoms with Crippen molar-refractivity contribution in [3.63, 3.8) is 0 Å². The van der Waals surface area contributed by atoms with Gasteiger partial charge in [-0.3, -0.25) is 9.59 Å². The van der Waals surface area contributed by atoms with E-state index in [1.165, 1.54) is 0 Å².